The monoisotopic (exact) mass is 199 g/mol. The Morgan fingerprint density at radius 2 is 2.38 bits per heavy atom. The largest absolute Gasteiger partial charge is 0.368 e. The van der Waals surface area contributed by atoms with E-state index in [0.717, 1.165) is 29.9 Å². The van der Waals surface area contributed by atoms with Crippen molar-refractivity contribution in [2.45, 2.75) is 5.16 Å². The molecule has 2 heterocycles. The maximum absolute atomic E-state index is 5.56. The van der Waals surface area contributed by atoms with Crippen LogP contribution in [0.4, 0.5) is 5.95 Å². The summed E-state index contributed by atoms with van der Waals surface area (Å²) in [5.41, 5.74) is 5.56. The van der Waals surface area contributed by atoms with Crippen LogP contribution in [0, 0.1) is 5.92 Å². The van der Waals surface area contributed by atoms with Crippen molar-refractivity contribution >= 4 is 17.7 Å². The normalized spacial score (nSPS) is 17.3. The molecule has 2 rings (SSSR count). The Kier molecular flexibility index (Phi) is 2.41. The van der Waals surface area contributed by atoms with Crippen LogP contribution in [0.15, 0.2) is 5.16 Å². The molecule has 0 unspecified atom stereocenters. The lowest BCUT2D eigenvalue weighted by Gasteiger charge is -2.26. The molecule has 6 heteroatoms. The topological polar surface area (TPSA) is 68.8 Å². The Morgan fingerprint density at radius 1 is 1.62 bits per heavy atom. The van der Waals surface area contributed by atoms with Gasteiger partial charge in [-0.25, -0.2) is 0 Å². The first-order chi connectivity index (χ1) is 6.27. The van der Waals surface area contributed by atoms with E-state index in [1.807, 2.05) is 11.6 Å². The summed E-state index contributed by atoms with van der Waals surface area (Å²) in [6.07, 6.45) is 0. The Bertz CT molecular complexity index is 293. The van der Waals surface area contributed by atoms with E-state index in [4.69, 9.17) is 5.73 Å². The van der Waals surface area contributed by atoms with Crippen molar-refractivity contribution in [3.63, 3.8) is 0 Å². The van der Waals surface area contributed by atoms with Crippen LogP contribution in [0.1, 0.15) is 0 Å². The van der Waals surface area contributed by atoms with Crippen LogP contribution >= 0.6 is 11.8 Å². The highest BCUT2D eigenvalue weighted by Gasteiger charge is 2.18. The standard InChI is InChI=1S/C7H13N5S/c1-12-6(8)10-11-7(12)13-4-5-2-9-3-5/h5,9H,2-4H2,1H3,(H2,8,10). The van der Waals surface area contributed by atoms with Gasteiger partial charge in [-0.15, -0.1) is 10.2 Å². The number of nitrogens with two attached hydrogens (primary N) is 1. The Balaban J connectivity index is 1.89. The Morgan fingerprint density at radius 3 is 2.85 bits per heavy atom. The van der Waals surface area contributed by atoms with Gasteiger partial charge >= 0.3 is 0 Å². The van der Waals surface area contributed by atoms with Crippen molar-refractivity contribution in [2.75, 3.05) is 24.6 Å². The third-order valence-corrected chi connectivity index (χ3v) is 3.43. The molecule has 0 aliphatic carbocycles. The predicted molar refractivity (Wildman–Crippen MR) is 52.5 cm³/mol. The molecule has 0 bridgehead atoms. The SMILES string of the molecule is Cn1c(N)nnc1SCC1CNC1. The molecule has 0 radical (unpaired) electrons. The van der Waals surface area contributed by atoms with Crippen molar-refractivity contribution in [1.29, 1.82) is 0 Å². The zero-order valence-electron chi connectivity index (χ0n) is 7.53. The maximum Gasteiger partial charge on any atom is 0.222 e. The zero-order valence-corrected chi connectivity index (χ0v) is 8.34. The predicted octanol–water partition coefficient (Wildman–Crippen LogP) is -0.291. The number of hydrogen-bond donors (Lipinski definition) is 2. The number of rotatable bonds is 3. The lowest BCUT2D eigenvalue weighted by atomic mass is 10.1. The van der Waals surface area contributed by atoms with Gasteiger partial charge in [0.2, 0.25) is 5.95 Å². The summed E-state index contributed by atoms with van der Waals surface area (Å²) < 4.78 is 1.82. The van der Waals surface area contributed by atoms with E-state index in [0.29, 0.717) is 5.95 Å². The quantitative estimate of drug-likeness (QED) is 0.655. The molecule has 0 amide bonds. The van der Waals surface area contributed by atoms with E-state index >= 15 is 0 Å². The summed E-state index contributed by atoms with van der Waals surface area (Å²) in [6.45, 7) is 2.25. The van der Waals surface area contributed by atoms with E-state index in [1.165, 1.54) is 0 Å². The van der Waals surface area contributed by atoms with Gasteiger partial charge in [-0.1, -0.05) is 11.8 Å². The second-order valence-corrected chi connectivity index (χ2v) is 4.22. The fraction of sp³-hybridized carbons (Fsp3) is 0.714. The summed E-state index contributed by atoms with van der Waals surface area (Å²) in [5.74, 6) is 2.36. The van der Waals surface area contributed by atoms with Gasteiger partial charge in [0.25, 0.3) is 0 Å². The number of thioether (sulfide) groups is 1. The van der Waals surface area contributed by atoms with E-state index in [2.05, 4.69) is 15.5 Å². The molecule has 1 aliphatic heterocycles. The highest BCUT2D eigenvalue weighted by molar-refractivity contribution is 7.99. The van der Waals surface area contributed by atoms with Gasteiger partial charge in [-0.2, -0.15) is 0 Å². The van der Waals surface area contributed by atoms with E-state index in [-0.39, 0.29) is 0 Å². The van der Waals surface area contributed by atoms with Gasteiger partial charge in [0.05, 0.1) is 0 Å². The van der Waals surface area contributed by atoms with Crippen LogP contribution in [0.25, 0.3) is 0 Å². The van der Waals surface area contributed by atoms with Gasteiger partial charge in [0.1, 0.15) is 0 Å². The van der Waals surface area contributed by atoms with Crippen molar-refractivity contribution in [3.05, 3.63) is 0 Å². The third kappa shape index (κ3) is 1.78. The van der Waals surface area contributed by atoms with Gasteiger partial charge in [-0.3, -0.25) is 4.57 Å². The molecular weight excluding hydrogens is 186 g/mol. The number of nitrogens with zero attached hydrogens (tertiary/aromatic N) is 3. The fourth-order valence-corrected chi connectivity index (χ4v) is 2.12. The molecule has 72 valence electrons. The van der Waals surface area contributed by atoms with Crippen molar-refractivity contribution < 1.29 is 0 Å². The Labute approximate surface area is 81.1 Å². The van der Waals surface area contributed by atoms with Crippen molar-refractivity contribution in [1.82, 2.24) is 20.1 Å². The lowest BCUT2D eigenvalue weighted by molar-refractivity contribution is 0.385. The summed E-state index contributed by atoms with van der Waals surface area (Å²) in [5, 5.41) is 11.9. The number of aromatic nitrogens is 3. The minimum atomic E-state index is 0.481. The minimum absolute atomic E-state index is 0.481. The van der Waals surface area contributed by atoms with Gasteiger partial charge in [0.15, 0.2) is 5.16 Å². The average molecular weight is 199 g/mol. The van der Waals surface area contributed by atoms with E-state index in [1.54, 1.807) is 11.8 Å². The molecule has 13 heavy (non-hydrogen) atoms. The molecule has 5 nitrogen and oxygen atoms in total. The first-order valence-electron chi connectivity index (χ1n) is 4.25. The smallest absolute Gasteiger partial charge is 0.222 e. The van der Waals surface area contributed by atoms with Crippen LogP contribution in [0.5, 0.6) is 0 Å². The maximum atomic E-state index is 5.56. The molecule has 1 aromatic heterocycles. The average Bonchev–Trinajstić information content (AvgIpc) is 2.33. The summed E-state index contributed by atoms with van der Waals surface area (Å²) >= 11 is 1.72. The molecule has 1 aliphatic rings. The number of anilines is 1. The van der Waals surface area contributed by atoms with Gasteiger partial charge in [0, 0.05) is 12.8 Å². The van der Waals surface area contributed by atoms with Crippen LogP contribution < -0.4 is 11.1 Å². The van der Waals surface area contributed by atoms with E-state index < -0.39 is 0 Å². The van der Waals surface area contributed by atoms with Gasteiger partial charge < -0.3 is 11.1 Å². The van der Waals surface area contributed by atoms with Crippen LogP contribution in [0.3, 0.4) is 0 Å². The minimum Gasteiger partial charge on any atom is -0.368 e. The molecule has 0 atom stereocenters. The van der Waals surface area contributed by atoms with Crippen LogP contribution in [-0.4, -0.2) is 33.6 Å². The lowest BCUT2D eigenvalue weighted by Crippen LogP contribution is -2.43. The number of hydrogen-bond acceptors (Lipinski definition) is 5. The summed E-state index contributed by atoms with van der Waals surface area (Å²) in [7, 11) is 1.89. The highest BCUT2D eigenvalue weighted by atomic mass is 32.2. The van der Waals surface area contributed by atoms with Crippen LogP contribution in [0.2, 0.25) is 0 Å². The molecule has 3 N–H and O–H groups in total. The number of nitrogens with one attached hydrogen (secondary N) is 1. The van der Waals surface area contributed by atoms with Crippen molar-refractivity contribution in [2.24, 2.45) is 13.0 Å². The molecular formula is C7H13N5S. The highest BCUT2D eigenvalue weighted by Crippen LogP contribution is 2.20. The first-order valence-corrected chi connectivity index (χ1v) is 5.24. The second-order valence-electron chi connectivity index (χ2n) is 3.24. The third-order valence-electron chi connectivity index (χ3n) is 2.18. The molecule has 0 saturated carbocycles. The van der Waals surface area contributed by atoms with E-state index in [9.17, 15) is 0 Å². The Hall–Kier alpha value is -0.750. The molecule has 1 fully saturated rings. The molecule has 0 aromatic carbocycles. The van der Waals surface area contributed by atoms with Crippen LogP contribution in [-0.2, 0) is 7.05 Å². The first kappa shape index (κ1) is 8.83. The molecule has 1 saturated heterocycles. The second kappa shape index (κ2) is 3.55. The number of nitrogen functional groups attached to an aromatic ring is 1. The molecule has 1 aromatic rings. The fourth-order valence-electron chi connectivity index (χ4n) is 1.11. The molecule has 0 spiro atoms. The van der Waals surface area contributed by atoms with Crippen molar-refractivity contribution in [3.8, 4) is 0 Å². The van der Waals surface area contributed by atoms with Gasteiger partial charge in [-0.05, 0) is 19.0 Å². The summed E-state index contributed by atoms with van der Waals surface area (Å²) in [6, 6.07) is 0. The summed E-state index contributed by atoms with van der Waals surface area (Å²) in [4.78, 5) is 0. The zero-order chi connectivity index (χ0) is 9.26.